The Hall–Kier alpha value is -1.06. The van der Waals surface area contributed by atoms with Crippen molar-refractivity contribution in [1.29, 1.82) is 10.5 Å². The summed E-state index contributed by atoms with van der Waals surface area (Å²) in [5.41, 5.74) is 0.306. The van der Waals surface area contributed by atoms with E-state index in [-0.39, 0.29) is 11.8 Å². The molecule has 1 fully saturated rings. The van der Waals surface area contributed by atoms with Crippen LogP contribution in [0.2, 0.25) is 0 Å². The van der Waals surface area contributed by atoms with Gasteiger partial charge < -0.3 is 4.90 Å². The smallest absolute Gasteiger partial charge is 0.0672 e. The molecule has 4 atom stereocenters. The van der Waals surface area contributed by atoms with E-state index in [0.29, 0.717) is 17.4 Å². The van der Waals surface area contributed by atoms with E-state index >= 15 is 0 Å². The molecule has 1 saturated carbocycles. The summed E-state index contributed by atoms with van der Waals surface area (Å²) >= 11 is 0. The molecule has 19 heavy (non-hydrogen) atoms. The molecule has 3 nitrogen and oxygen atoms in total. The Labute approximate surface area is 118 Å². The van der Waals surface area contributed by atoms with E-state index < -0.39 is 0 Å². The Balaban J connectivity index is 2.76. The maximum atomic E-state index is 9.35. The van der Waals surface area contributed by atoms with Gasteiger partial charge in [-0.1, -0.05) is 20.8 Å². The Morgan fingerprint density at radius 3 is 2.37 bits per heavy atom. The van der Waals surface area contributed by atoms with Crippen molar-refractivity contribution in [2.45, 2.75) is 53.0 Å². The maximum absolute atomic E-state index is 9.35. The van der Waals surface area contributed by atoms with Crippen LogP contribution in [0.15, 0.2) is 0 Å². The molecule has 1 aliphatic carbocycles. The zero-order chi connectivity index (χ0) is 14.6. The molecule has 0 saturated heterocycles. The van der Waals surface area contributed by atoms with Crippen molar-refractivity contribution in [3.8, 4) is 12.1 Å². The van der Waals surface area contributed by atoms with Crippen LogP contribution in [0.4, 0.5) is 0 Å². The topological polar surface area (TPSA) is 50.8 Å². The van der Waals surface area contributed by atoms with Gasteiger partial charge in [-0.05, 0) is 44.6 Å². The van der Waals surface area contributed by atoms with Gasteiger partial charge in [-0.2, -0.15) is 10.5 Å². The predicted molar refractivity (Wildman–Crippen MR) is 77.1 cm³/mol. The number of hydrogen-bond donors (Lipinski definition) is 0. The minimum absolute atomic E-state index is 0.0272. The molecule has 0 radical (unpaired) electrons. The van der Waals surface area contributed by atoms with Crippen LogP contribution in [0.5, 0.6) is 0 Å². The molecule has 0 aromatic heterocycles. The molecule has 0 aromatic rings. The minimum Gasteiger partial charge on any atom is -0.301 e. The molecule has 0 spiro atoms. The minimum atomic E-state index is 0.0272. The molecule has 0 aromatic carbocycles. The molecule has 106 valence electrons. The Kier molecular flexibility index (Phi) is 5.39. The first kappa shape index (κ1) is 16.0. The SMILES string of the molecule is CC(C#N)CN(C)C1CC(C(C)(C)C)CCC1C#N. The fourth-order valence-electron chi connectivity index (χ4n) is 3.18. The largest absolute Gasteiger partial charge is 0.301 e. The maximum Gasteiger partial charge on any atom is 0.0672 e. The van der Waals surface area contributed by atoms with E-state index in [0.717, 1.165) is 25.8 Å². The van der Waals surface area contributed by atoms with Crippen LogP contribution < -0.4 is 0 Å². The monoisotopic (exact) mass is 261 g/mol. The molecule has 3 heteroatoms. The highest BCUT2D eigenvalue weighted by Crippen LogP contribution is 2.41. The Morgan fingerprint density at radius 1 is 1.26 bits per heavy atom. The van der Waals surface area contributed by atoms with Crippen molar-refractivity contribution >= 4 is 0 Å². The lowest BCUT2D eigenvalue weighted by Crippen LogP contribution is -2.45. The van der Waals surface area contributed by atoms with Crippen LogP contribution in [0.3, 0.4) is 0 Å². The first-order valence-electron chi connectivity index (χ1n) is 7.29. The second kappa shape index (κ2) is 6.40. The average Bonchev–Trinajstić information content (AvgIpc) is 2.36. The van der Waals surface area contributed by atoms with Crippen LogP contribution in [0.25, 0.3) is 0 Å². The summed E-state index contributed by atoms with van der Waals surface area (Å²) in [6.07, 6.45) is 3.23. The summed E-state index contributed by atoms with van der Waals surface area (Å²) in [6.45, 7) is 9.58. The highest BCUT2D eigenvalue weighted by Gasteiger charge is 2.37. The Morgan fingerprint density at radius 2 is 1.89 bits per heavy atom. The van der Waals surface area contributed by atoms with Crippen LogP contribution >= 0.6 is 0 Å². The van der Waals surface area contributed by atoms with Gasteiger partial charge in [0.15, 0.2) is 0 Å². The predicted octanol–water partition coefficient (Wildman–Crippen LogP) is 3.43. The lowest BCUT2D eigenvalue weighted by atomic mass is 9.68. The molecular formula is C16H27N3. The van der Waals surface area contributed by atoms with Gasteiger partial charge in [0.1, 0.15) is 0 Å². The summed E-state index contributed by atoms with van der Waals surface area (Å²) in [5.74, 6) is 0.816. The summed E-state index contributed by atoms with van der Waals surface area (Å²) in [7, 11) is 2.06. The quantitative estimate of drug-likeness (QED) is 0.782. The van der Waals surface area contributed by atoms with Crippen molar-refractivity contribution in [1.82, 2.24) is 4.90 Å². The first-order chi connectivity index (χ1) is 8.79. The normalized spacial score (nSPS) is 29.6. The van der Waals surface area contributed by atoms with Crippen molar-refractivity contribution in [3.63, 3.8) is 0 Å². The molecule has 1 aliphatic rings. The van der Waals surface area contributed by atoms with Crippen LogP contribution in [0.1, 0.15) is 47.0 Å². The summed E-state index contributed by atoms with van der Waals surface area (Å²) in [4.78, 5) is 2.24. The number of rotatable bonds is 3. The molecule has 0 bridgehead atoms. The lowest BCUT2D eigenvalue weighted by molar-refractivity contribution is 0.0714. The third kappa shape index (κ3) is 4.22. The van der Waals surface area contributed by atoms with Crippen LogP contribution in [-0.4, -0.2) is 24.5 Å². The third-order valence-corrected chi connectivity index (χ3v) is 4.56. The zero-order valence-corrected chi connectivity index (χ0v) is 13.0. The van der Waals surface area contributed by atoms with Crippen LogP contribution in [0, 0.1) is 45.8 Å². The summed E-state index contributed by atoms with van der Waals surface area (Å²) in [6, 6.07) is 5.06. The van der Waals surface area contributed by atoms with Gasteiger partial charge in [0.05, 0.1) is 24.0 Å². The molecule has 0 aliphatic heterocycles. The van der Waals surface area contributed by atoms with Gasteiger partial charge in [-0.3, -0.25) is 0 Å². The fraction of sp³-hybridized carbons (Fsp3) is 0.875. The van der Waals surface area contributed by atoms with Crippen LogP contribution in [-0.2, 0) is 0 Å². The van der Waals surface area contributed by atoms with Crippen molar-refractivity contribution in [2.24, 2.45) is 23.2 Å². The molecule has 1 rings (SSSR count). The third-order valence-electron chi connectivity index (χ3n) is 4.56. The second-order valence-corrected chi connectivity index (χ2v) is 7.15. The van der Waals surface area contributed by atoms with E-state index in [4.69, 9.17) is 5.26 Å². The van der Waals surface area contributed by atoms with E-state index in [9.17, 15) is 5.26 Å². The molecule has 0 heterocycles. The zero-order valence-electron chi connectivity index (χ0n) is 13.0. The van der Waals surface area contributed by atoms with Gasteiger partial charge in [-0.25, -0.2) is 0 Å². The Bertz CT molecular complexity index is 369. The first-order valence-corrected chi connectivity index (χ1v) is 7.29. The average molecular weight is 261 g/mol. The molecule has 0 N–H and O–H groups in total. The van der Waals surface area contributed by atoms with Gasteiger partial charge in [0, 0.05) is 12.6 Å². The van der Waals surface area contributed by atoms with Crippen molar-refractivity contribution in [3.05, 3.63) is 0 Å². The van der Waals surface area contributed by atoms with E-state index in [1.165, 1.54) is 0 Å². The summed E-state index contributed by atoms with van der Waals surface area (Å²) < 4.78 is 0. The van der Waals surface area contributed by atoms with E-state index in [2.05, 4.69) is 44.9 Å². The highest BCUT2D eigenvalue weighted by molar-refractivity contribution is 4.99. The van der Waals surface area contributed by atoms with Gasteiger partial charge in [0.2, 0.25) is 0 Å². The van der Waals surface area contributed by atoms with Crippen molar-refractivity contribution in [2.75, 3.05) is 13.6 Å². The highest BCUT2D eigenvalue weighted by atomic mass is 15.1. The van der Waals surface area contributed by atoms with E-state index in [1.54, 1.807) is 0 Å². The molecule has 4 unspecified atom stereocenters. The fourth-order valence-corrected chi connectivity index (χ4v) is 3.18. The molecule has 0 amide bonds. The number of nitriles is 2. The van der Waals surface area contributed by atoms with Crippen molar-refractivity contribution < 1.29 is 0 Å². The summed E-state index contributed by atoms with van der Waals surface area (Å²) in [5, 5.41) is 18.3. The van der Waals surface area contributed by atoms with E-state index in [1.807, 2.05) is 6.92 Å². The number of nitrogens with zero attached hydrogens (tertiary/aromatic N) is 3. The van der Waals surface area contributed by atoms with Gasteiger partial charge in [0.25, 0.3) is 0 Å². The second-order valence-electron chi connectivity index (χ2n) is 7.15. The lowest BCUT2D eigenvalue weighted by Gasteiger charge is -2.43. The van der Waals surface area contributed by atoms with Gasteiger partial charge >= 0.3 is 0 Å². The standard InChI is InChI=1S/C16H27N3/c1-12(9-17)11-19(5)15-8-14(16(2,3)4)7-6-13(15)10-18/h12-15H,6-8,11H2,1-5H3. The van der Waals surface area contributed by atoms with Gasteiger partial charge in [-0.15, -0.1) is 0 Å². The number of hydrogen-bond acceptors (Lipinski definition) is 3. The molecular weight excluding hydrogens is 234 g/mol.